The van der Waals surface area contributed by atoms with E-state index in [1.165, 1.54) is 0 Å². The van der Waals surface area contributed by atoms with Crippen molar-refractivity contribution in [2.45, 2.75) is 39.8 Å². The molecule has 2 heterocycles. The van der Waals surface area contributed by atoms with Crippen LogP contribution in [0.3, 0.4) is 0 Å². The summed E-state index contributed by atoms with van der Waals surface area (Å²) in [7, 11) is 5.73. The van der Waals surface area contributed by atoms with Gasteiger partial charge in [0.25, 0.3) is 0 Å². The van der Waals surface area contributed by atoms with Crippen molar-refractivity contribution in [1.29, 1.82) is 0 Å². The fraction of sp³-hybridized carbons (Fsp3) is 0.500. The maximum absolute atomic E-state index is 5.40. The van der Waals surface area contributed by atoms with Crippen LogP contribution < -0.4 is 15.5 Å². The van der Waals surface area contributed by atoms with E-state index in [-0.39, 0.29) is 0 Å². The van der Waals surface area contributed by atoms with Crippen LogP contribution in [-0.2, 0) is 25.9 Å². The molecule has 7 heteroatoms. The van der Waals surface area contributed by atoms with Gasteiger partial charge in [-0.1, -0.05) is 19.0 Å². The Balaban J connectivity index is 1.95. The number of rotatable bonds is 7. The lowest BCUT2D eigenvalue weighted by molar-refractivity contribution is 0.380. The number of aliphatic imine (C=N–C) groups is 1. The SMILES string of the molecule is CCc1noc(CC)c1CNC(=NC)NCc1ccnc(N(C)C)c1. The maximum Gasteiger partial charge on any atom is 0.191 e. The van der Waals surface area contributed by atoms with Crippen molar-refractivity contribution < 1.29 is 4.52 Å². The fourth-order valence-corrected chi connectivity index (χ4v) is 2.53. The molecule has 0 saturated carbocycles. The van der Waals surface area contributed by atoms with Gasteiger partial charge in [0.05, 0.1) is 5.69 Å². The van der Waals surface area contributed by atoms with Gasteiger partial charge in [0.2, 0.25) is 0 Å². The summed E-state index contributed by atoms with van der Waals surface area (Å²) in [6.07, 6.45) is 3.51. The number of aryl methyl sites for hydroxylation is 2. The van der Waals surface area contributed by atoms with Gasteiger partial charge in [-0.3, -0.25) is 4.99 Å². The lowest BCUT2D eigenvalue weighted by Crippen LogP contribution is -2.36. The summed E-state index contributed by atoms with van der Waals surface area (Å²) in [4.78, 5) is 10.6. The molecule has 25 heavy (non-hydrogen) atoms. The highest BCUT2D eigenvalue weighted by atomic mass is 16.5. The second-order valence-electron chi connectivity index (χ2n) is 5.93. The van der Waals surface area contributed by atoms with Crippen LogP contribution in [0.15, 0.2) is 27.8 Å². The van der Waals surface area contributed by atoms with Crippen molar-refractivity contribution in [1.82, 2.24) is 20.8 Å². The van der Waals surface area contributed by atoms with Gasteiger partial charge in [-0.15, -0.1) is 0 Å². The van der Waals surface area contributed by atoms with Crippen LogP contribution in [0.2, 0.25) is 0 Å². The van der Waals surface area contributed by atoms with Crippen LogP contribution in [-0.4, -0.2) is 37.2 Å². The zero-order valence-electron chi connectivity index (χ0n) is 15.8. The van der Waals surface area contributed by atoms with E-state index < -0.39 is 0 Å². The molecule has 0 spiro atoms. The lowest BCUT2D eigenvalue weighted by atomic mass is 10.1. The molecule has 7 nitrogen and oxygen atoms in total. The zero-order chi connectivity index (χ0) is 18.2. The van der Waals surface area contributed by atoms with E-state index in [4.69, 9.17) is 4.52 Å². The van der Waals surface area contributed by atoms with Crippen LogP contribution in [0, 0.1) is 0 Å². The Morgan fingerprint density at radius 1 is 1.20 bits per heavy atom. The molecule has 0 fully saturated rings. The molecule has 0 radical (unpaired) electrons. The first-order valence-electron chi connectivity index (χ1n) is 8.62. The van der Waals surface area contributed by atoms with Crippen LogP contribution >= 0.6 is 0 Å². The maximum atomic E-state index is 5.40. The normalized spacial score (nSPS) is 11.5. The van der Waals surface area contributed by atoms with Gasteiger partial charge in [-0.2, -0.15) is 0 Å². The highest BCUT2D eigenvalue weighted by Crippen LogP contribution is 2.15. The number of aromatic nitrogens is 2. The topological polar surface area (TPSA) is 78.6 Å². The average molecular weight is 344 g/mol. The van der Waals surface area contributed by atoms with E-state index in [1.54, 1.807) is 7.05 Å². The molecule has 2 N–H and O–H groups in total. The summed E-state index contributed by atoms with van der Waals surface area (Å²) in [5.74, 6) is 2.62. The summed E-state index contributed by atoms with van der Waals surface area (Å²) in [5, 5.41) is 10.8. The van der Waals surface area contributed by atoms with E-state index in [9.17, 15) is 0 Å². The third-order valence-corrected chi connectivity index (χ3v) is 3.99. The number of hydrogen-bond donors (Lipinski definition) is 2. The average Bonchev–Trinajstić information content (AvgIpc) is 3.04. The number of nitrogens with one attached hydrogen (secondary N) is 2. The first kappa shape index (κ1) is 18.8. The molecule has 0 aliphatic rings. The Hall–Kier alpha value is -2.57. The standard InChI is InChI=1S/C18H28N6O/c1-6-15-14(16(7-2)25-23-15)12-22-18(19-3)21-11-13-8-9-20-17(10-13)24(4)5/h8-10H,6-7,11-12H2,1-5H3,(H2,19,21,22). The molecular weight excluding hydrogens is 316 g/mol. The smallest absolute Gasteiger partial charge is 0.191 e. The van der Waals surface area contributed by atoms with E-state index >= 15 is 0 Å². The van der Waals surface area contributed by atoms with Gasteiger partial charge in [0.1, 0.15) is 11.6 Å². The van der Waals surface area contributed by atoms with Gasteiger partial charge in [-0.25, -0.2) is 4.98 Å². The molecule has 0 aliphatic heterocycles. The van der Waals surface area contributed by atoms with E-state index in [1.807, 2.05) is 31.3 Å². The number of hydrogen-bond acceptors (Lipinski definition) is 5. The second kappa shape index (κ2) is 9.05. The predicted molar refractivity (Wildman–Crippen MR) is 101 cm³/mol. The van der Waals surface area contributed by atoms with E-state index in [2.05, 4.69) is 45.7 Å². The zero-order valence-corrected chi connectivity index (χ0v) is 15.8. The Bertz CT molecular complexity index is 686. The Morgan fingerprint density at radius 3 is 2.60 bits per heavy atom. The molecule has 136 valence electrons. The third-order valence-electron chi connectivity index (χ3n) is 3.99. The number of guanidine groups is 1. The summed E-state index contributed by atoms with van der Waals surface area (Å²) in [6, 6.07) is 4.06. The highest BCUT2D eigenvalue weighted by Gasteiger charge is 2.13. The minimum Gasteiger partial charge on any atom is -0.363 e. The van der Waals surface area contributed by atoms with Gasteiger partial charge in [0, 0.05) is 52.4 Å². The van der Waals surface area contributed by atoms with Crippen molar-refractivity contribution in [2.75, 3.05) is 26.0 Å². The minimum absolute atomic E-state index is 0.648. The Labute approximate surface area is 149 Å². The number of anilines is 1. The second-order valence-corrected chi connectivity index (χ2v) is 5.93. The van der Waals surface area contributed by atoms with Gasteiger partial charge in [0.15, 0.2) is 5.96 Å². The molecule has 0 atom stereocenters. The molecule has 0 aromatic carbocycles. The van der Waals surface area contributed by atoms with Gasteiger partial charge < -0.3 is 20.1 Å². The molecule has 0 saturated heterocycles. The van der Waals surface area contributed by atoms with Crippen molar-refractivity contribution in [3.63, 3.8) is 0 Å². The first-order chi connectivity index (χ1) is 12.1. The number of nitrogens with zero attached hydrogens (tertiary/aromatic N) is 4. The number of pyridine rings is 1. The summed E-state index contributed by atoms with van der Waals surface area (Å²) in [5.41, 5.74) is 3.28. The largest absolute Gasteiger partial charge is 0.363 e. The molecule has 0 amide bonds. The van der Waals surface area contributed by atoms with Crippen LogP contribution in [0.1, 0.15) is 36.4 Å². The molecule has 2 rings (SSSR count). The van der Waals surface area contributed by atoms with Crippen molar-refractivity contribution >= 4 is 11.8 Å². The van der Waals surface area contributed by atoms with Crippen molar-refractivity contribution in [3.05, 3.63) is 40.9 Å². The van der Waals surface area contributed by atoms with Gasteiger partial charge in [-0.05, 0) is 24.1 Å². The summed E-state index contributed by atoms with van der Waals surface area (Å²) >= 11 is 0. The van der Waals surface area contributed by atoms with Crippen molar-refractivity contribution in [2.24, 2.45) is 4.99 Å². The monoisotopic (exact) mass is 344 g/mol. The minimum atomic E-state index is 0.648. The van der Waals surface area contributed by atoms with E-state index in [0.29, 0.717) is 13.1 Å². The Kier molecular flexibility index (Phi) is 6.80. The third kappa shape index (κ3) is 4.95. The molecular formula is C18H28N6O. The molecule has 2 aromatic heterocycles. The van der Waals surface area contributed by atoms with Crippen molar-refractivity contribution in [3.8, 4) is 0 Å². The molecule has 0 unspecified atom stereocenters. The van der Waals surface area contributed by atoms with Gasteiger partial charge >= 0.3 is 0 Å². The quantitative estimate of drug-likeness (QED) is 0.592. The molecule has 0 aliphatic carbocycles. The fourth-order valence-electron chi connectivity index (χ4n) is 2.53. The lowest BCUT2D eigenvalue weighted by Gasteiger charge is -2.14. The summed E-state index contributed by atoms with van der Waals surface area (Å²) < 4.78 is 5.40. The van der Waals surface area contributed by atoms with Crippen LogP contribution in [0.5, 0.6) is 0 Å². The predicted octanol–water partition coefficient (Wildman–Crippen LogP) is 2.13. The van der Waals surface area contributed by atoms with E-state index in [0.717, 1.165) is 47.2 Å². The molecule has 0 bridgehead atoms. The highest BCUT2D eigenvalue weighted by molar-refractivity contribution is 5.79. The van der Waals surface area contributed by atoms with Crippen LogP contribution in [0.4, 0.5) is 5.82 Å². The first-order valence-corrected chi connectivity index (χ1v) is 8.62. The Morgan fingerprint density at radius 2 is 1.96 bits per heavy atom. The molecule has 2 aromatic rings. The van der Waals surface area contributed by atoms with Crippen LogP contribution in [0.25, 0.3) is 0 Å². The summed E-state index contributed by atoms with van der Waals surface area (Å²) in [6.45, 7) is 5.48.